The van der Waals surface area contributed by atoms with Crippen LogP contribution in [0.5, 0.6) is 0 Å². The summed E-state index contributed by atoms with van der Waals surface area (Å²) in [6.45, 7) is 5.87. The fraction of sp³-hybridized carbons (Fsp3) is 0.435. The lowest BCUT2D eigenvalue weighted by Crippen LogP contribution is -2.34. The number of hydrogen-bond donors (Lipinski definition) is 0. The van der Waals surface area contributed by atoms with Gasteiger partial charge >= 0.3 is 0 Å². The molecular weight excluding hydrogens is 386 g/mol. The summed E-state index contributed by atoms with van der Waals surface area (Å²) in [5, 5.41) is 2.03. The monoisotopic (exact) mass is 411 g/mol. The second kappa shape index (κ2) is 7.40. The van der Waals surface area contributed by atoms with Crippen LogP contribution in [0.15, 0.2) is 36.5 Å². The first-order valence-electron chi connectivity index (χ1n) is 10.2. The van der Waals surface area contributed by atoms with E-state index in [1.807, 2.05) is 25.3 Å². The smallest absolute Gasteiger partial charge is 0.215 e. The standard InChI is InChI=1S/C23H26ClN3O2/c1-16-3-4-17(14-25-16)23(28-11-12-29-23)15-27-21-6-5-18(24)13-20(21)19-7-9-26(2)10-8-22(19)27/h3-6,13-14H,7-12,15H2,1-2H3. The number of nitrogens with zero attached hydrogens (tertiary/aromatic N) is 3. The fourth-order valence-electron chi connectivity index (χ4n) is 4.61. The van der Waals surface area contributed by atoms with Gasteiger partial charge in [-0.3, -0.25) is 4.98 Å². The second-order valence-electron chi connectivity index (χ2n) is 8.11. The van der Waals surface area contributed by atoms with Crippen LogP contribution in [0.3, 0.4) is 0 Å². The van der Waals surface area contributed by atoms with E-state index in [1.165, 1.54) is 22.2 Å². The molecule has 0 unspecified atom stereocenters. The minimum absolute atomic E-state index is 0.587. The molecule has 2 aliphatic heterocycles. The summed E-state index contributed by atoms with van der Waals surface area (Å²) in [7, 11) is 2.19. The number of aromatic nitrogens is 2. The molecule has 0 saturated carbocycles. The van der Waals surface area contributed by atoms with E-state index in [-0.39, 0.29) is 0 Å². The van der Waals surface area contributed by atoms with Crippen LogP contribution in [-0.4, -0.2) is 47.8 Å². The van der Waals surface area contributed by atoms with Gasteiger partial charge in [-0.15, -0.1) is 0 Å². The van der Waals surface area contributed by atoms with E-state index in [9.17, 15) is 0 Å². The zero-order valence-electron chi connectivity index (χ0n) is 16.9. The van der Waals surface area contributed by atoms with Crippen molar-refractivity contribution in [3.05, 3.63) is 64.1 Å². The van der Waals surface area contributed by atoms with Gasteiger partial charge in [-0.05, 0) is 50.2 Å². The third-order valence-electron chi connectivity index (χ3n) is 6.19. The van der Waals surface area contributed by atoms with E-state index in [0.717, 1.165) is 42.2 Å². The molecule has 0 atom stereocenters. The van der Waals surface area contributed by atoms with Crippen LogP contribution >= 0.6 is 11.6 Å². The lowest BCUT2D eigenvalue weighted by Gasteiger charge is -2.29. The number of ether oxygens (including phenoxy) is 2. The van der Waals surface area contributed by atoms with Crippen LogP contribution in [0.4, 0.5) is 0 Å². The normalized spacial score (nSPS) is 19.4. The molecule has 5 nitrogen and oxygen atoms in total. The van der Waals surface area contributed by atoms with Gasteiger partial charge in [0.2, 0.25) is 5.79 Å². The highest BCUT2D eigenvalue weighted by Gasteiger charge is 2.40. The SMILES string of the molecule is Cc1ccc(C2(Cn3c4c(c5cc(Cl)ccc53)CCN(C)CC4)OCCO2)cn1. The molecule has 0 radical (unpaired) electrons. The Morgan fingerprint density at radius 3 is 2.66 bits per heavy atom. The van der Waals surface area contributed by atoms with Crippen molar-refractivity contribution in [2.75, 3.05) is 33.4 Å². The maximum absolute atomic E-state index is 6.37. The highest BCUT2D eigenvalue weighted by atomic mass is 35.5. The lowest BCUT2D eigenvalue weighted by atomic mass is 10.1. The Hall–Kier alpha value is -1.92. The van der Waals surface area contributed by atoms with Gasteiger partial charge in [0.25, 0.3) is 0 Å². The molecule has 2 aromatic heterocycles. The fourth-order valence-corrected chi connectivity index (χ4v) is 4.78. The summed E-state index contributed by atoms with van der Waals surface area (Å²) in [6, 6.07) is 10.3. The molecular formula is C23H26ClN3O2. The number of aryl methyl sites for hydroxylation is 1. The maximum Gasteiger partial charge on any atom is 0.215 e. The zero-order valence-corrected chi connectivity index (χ0v) is 17.7. The van der Waals surface area contributed by atoms with Gasteiger partial charge in [0, 0.05) is 58.6 Å². The Kier molecular flexibility index (Phi) is 4.87. The molecule has 3 aromatic rings. The van der Waals surface area contributed by atoms with Crippen molar-refractivity contribution in [3.63, 3.8) is 0 Å². The number of rotatable bonds is 3. The van der Waals surface area contributed by atoms with Crippen LogP contribution < -0.4 is 0 Å². The molecule has 0 amide bonds. The first-order chi connectivity index (χ1) is 14.1. The summed E-state index contributed by atoms with van der Waals surface area (Å²) < 4.78 is 14.9. The first kappa shape index (κ1) is 19.1. The predicted octanol–water partition coefficient (Wildman–Crippen LogP) is 3.93. The quantitative estimate of drug-likeness (QED) is 0.654. The van der Waals surface area contributed by atoms with Gasteiger partial charge in [-0.25, -0.2) is 0 Å². The minimum atomic E-state index is -0.807. The van der Waals surface area contributed by atoms with Crippen LogP contribution in [0.1, 0.15) is 22.5 Å². The van der Waals surface area contributed by atoms with Gasteiger partial charge in [-0.1, -0.05) is 17.7 Å². The molecule has 1 fully saturated rings. The largest absolute Gasteiger partial charge is 0.342 e. The molecule has 0 bridgehead atoms. The minimum Gasteiger partial charge on any atom is -0.342 e. The van der Waals surface area contributed by atoms with E-state index in [1.54, 1.807) is 0 Å². The van der Waals surface area contributed by atoms with E-state index in [2.05, 4.69) is 39.7 Å². The van der Waals surface area contributed by atoms with E-state index in [4.69, 9.17) is 21.1 Å². The predicted molar refractivity (Wildman–Crippen MR) is 114 cm³/mol. The lowest BCUT2D eigenvalue weighted by molar-refractivity contribution is -0.176. The average Bonchev–Trinajstić information content (AvgIpc) is 3.23. The molecule has 0 spiro atoms. The van der Waals surface area contributed by atoms with E-state index in [0.29, 0.717) is 19.8 Å². The van der Waals surface area contributed by atoms with Crippen molar-refractivity contribution in [1.82, 2.24) is 14.5 Å². The molecule has 0 N–H and O–H groups in total. The molecule has 2 aliphatic rings. The number of halogens is 1. The molecule has 6 heteroatoms. The van der Waals surface area contributed by atoms with Crippen molar-refractivity contribution in [2.24, 2.45) is 0 Å². The van der Waals surface area contributed by atoms with Crippen molar-refractivity contribution in [3.8, 4) is 0 Å². The van der Waals surface area contributed by atoms with Crippen molar-refractivity contribution >= 4 is 22.5 Å². The van der Waals surface area contributed by atoms with Gasteiger partial charge in [0.15, 0.2) is 0 Å². The number of fused-ring (bicyclic) bond motifs is 3. The summed E-state index contributed by atoms with van der Waals surface area (Å²) in [6.07, 6.45) is 3.91. The van der Waals surface area contributed by atoms with Crippen LogP contribution in [0.25, 0.3) is 10.9 Å². The molecule has 152 valence electrons. The van der Waals surface area contributed by atoms with Crippen molar-refractivity contribution in [2.45, 2.75) is 32.1 Å². The van der Waals surface area contributed by atoms with Gasteiger partial charge in [0.1, 0.15) is 0 Å². The highest BCUT2D eigenvalue weighted by molar-refractivity contribution is 6.31. The second-order valence-corrected chi connectivity index (χ2v) is 8.55. The Bertz CT molecular complexity index is 1040. The van der Waals surface area contributed by atoms with Crippen LogP contribution in [-0.2, 0) is 34.6 Å². The summed E-state index contributed by atoms with van der Waals surface area (Å²) >= 11 is 6.37. The highest BCUT2D eigenvalue weighted by Crippen LogP contribution is 2.38. The van der Waals surface area contributed by atoms with E-state index >= 15 is 0 Å². The average molecular weight is 412 g/mol. The van der Waals surface area contributed by atoms with Crippen molar-refractivity contribution in [1.29, 1.82) is 0 Å². The Labute approximate surface area is 176 Å². The maximum atomic E-state index is 6.37. The number of likely N-dealkylation sites (N-methyl/N-ethyl adjacent to an activating group) is 1. The molecule has 1 saturated heterocycles. The summed E-state index contributed by atoms with van der Waals surface area (Å²) in [5.41, 5.74) is 5.92. The van der Waals surface area contributed by atoms with Gasteiger partial charge in [-0.2, -0.15) is 0 Å². The van der Waals surface area contributed by atoms with Gasteiger partial charge < -0.3 is 18.9 Å². The Morgan fingerprint density at radius 1 is 1.10 bits per heavy atom. The first-order valence-corrected chi connectivity index (χ1v) is 10.6. The number of pyridine rings is 1. The molecule has 0 aliphatic carbocycles. The summed E-state index contributed by atoms with van der Waals surface area (Å²) in [4.78, 5) is 6.88. The van der Waals surface area contributed by atoms with Crippen molar-refractivity contribution < 1.29 is 9.47 Å². The molecule has 5 rings (SSSR count). The Morgan fingerprint density at radius 2 is 1.90 bits per heavy atom. The topological polar surface area (TPSA) is 39.5 Å². The van der Waals surface area contributed by atoms with Crippen LogP contribution in [0.2, 0.25) is 5.02 Å². The van der Waals surface area contributed by atoms with E-state index < -0.39 is 5.79 Å². The molecule has 1 aromatic carbocycles. The van der Waals surface area contributed by atoms with Gasteiger partial charge in [0.05, 0.1) is 19.8 Å². The Balaban J connectivity index is 1.65. The summed E-state index contributed by atoms with van der Waals surface area (Å²) in [5.74, 6) is -0.807. The zero-order chi connectivity index (χ0) is 20.0. The number of benzene rings is 1. The third-order valence-corrected chi connectivity index (χ3v) is 6.43. The number of hydrogen-bond acceptors (Lipinski definition) is 4. The van der Waals surface area contributed by atoms with Crippen LogP contribution in [0, 0.1) is 6.92 Å². The third kappa shape index (κ3) is 3.36. The molecule has 29 heavy (non-hydrogen) atoms. The molecule has 4 heterocycles.